The van der Waals surface area contributed by atoms with E-state index in [-0.39, 0.29) is 17.8 Å². The zero-order valence-electron chi connectivity index (χ0n) is 11.3. The van der Waals surface area contributed by atoms with E-state index in [1.54, 1.807) is 0 Å². The molecule has 2 aliphatic rings. The molecule has 5 nitrogen and oxygen atoms in total. The zero-order valence-corrected chi connectivity index (χ0v) is 11.3. The number of carboxylic acids is 1. The Morgan fingerprint density at radius 3 is 2.90 bits per heavy atom. The van der Waals surface area contributed by atoms with Crippen LogP contribution < -0.4 is 5.32 Å². The Morgan fingerprint density at radius 1 is 1.45 bits per heavy atom. The molecule has 6 heteroatoms. The molecular weight excluding hydrogens is 261 g/mol. The van der Waals surface area contributed by atoms with E-state index in [4.69, 9.17) is 0 Å². The van der Waals surface area contributed by atoms with Gasteiger partial charge in [0.1, 0.15) is 6.33 Å². The lowest BCUT2D eigenvalue weighted by molar-refractivity contribution is -0.143. The topological polar surface area (TPSA) is 75.1 Å². The van der Waals surface area contributed by atoms with Crippen LogP contribution in [0.15, 0.2) is 6.33 Å². The third-order valence-corrected chi connectivity index (χ3v) is 4.70. The molecule has 0 aliphatic heterocycles. The molecule has 0 aromatic carbocycles. The molecule has 0 amide bonds. The van der Waals surface area contributed by atoms with Gasteiger partial charge in [-0.25, -0.2) is 14.4 Å². The molecule has 2 saturated carbocycles. The van der Waals surface area contributed by atoms with Crippen molar-refractivity contribution in [3.05, 3.63) is 17.8 Å². The third kappa shape index (κ3) is 2.03. The molecule has 1 aromatic heterocycles. The number of carbonyl (C=O) groups is 1. The highest BCUT2D eigenvalue weighted by atomic mass is 19.1. The van der Waals surface area contributed by atoms with E-state index in [0.717, 1.165) is 19.3 Å². The van der Waals surface area contributed by atoms with Crippen LogP contribution in [-0.4, -0.2) is 27.1 Å². The fraction of sp³-hybridized carbons (Fsp3) is 0.643. The van der Waals surface area contributed by atoms with E-state index >= 15 is 0 Å². The number of aryl methyl sites for hydroxylation is 1. The van der Waals surface area contributed by atoms with Crippen molar-refractivity contribution in [1.82, 2.24) is 9.97 Å². The molecule has 2 N–H and O–H groups in total. The van der Waals surface area contributed by atoms with Crippen LogP contribution in [0, 0.1) is 23.6 Å². The van der Waals surface area contributed by atoms with Crippen LogP contribution in [0.2, 0.25) is 0 Å². The smallest absolute Gasteiger partial charge is 0.308 e. The van der Waals surface area contributed by atoms with E-state index in [0.29, 0.717) is 18.0 Å². The number of halogens is 1. The van der Waals surface area contributed by atoms with Crippen molar-refractivity contribution < 1.29 is 14.3 Å². The van der Waals surface area contributed by atoms with Gasteiger partial charge in [-0.1, -0.05) is 6.92 Å². The number of aliphatic carboxylic acids is 1. The maximum atomic E-state index is 14.2. The first-order valence-electron chi connectivity index (χ1n) is 7.10. The first-order chi connectivity index (χ1) is 9.61. The summed E-state index contributed by atoms with van der Waals surface area (Å²) in [6, 6.07) is -0.222. The molecule has 0 saturated heterocycles. The van der Waals surface area contributed by atoms with Gasteiger partial charge in [0.2, 0.25) is 0 Å². The van der Waals surface area contributed by atoms with Gasteiger partial charge in [0, 0.05) is 6.04 Å². The summed E-state index contributed by atoms with van der Waals surface area (Å²) in [5.74, 6) is -1.03. The Hall–Kier alpha value is -1.72. The molecular formula is C14H18FN3O2. The number of nitrogens with zero attached hydrogens (tertiary/aromatic N) is 2. The summed E-state index contributed by atoms with van der Waals surface area (Å²) in [6.07, 6.45) is 4.71. The van der Waals surface area contributed by atoms with Crippen molar-refractivity contribution in [2.75, 3.05) is 5.32 Å². The quantitative estimate of drug-likeness (QED) is 0.882. The Labute approximate surface area is 116 Å². The minimum Gasteiger partial charge on any atom is -0.481 e. The van der Waals surface area contributed by atoms with Gasteiger partial charge in [0.25, 0.3) is 0 Å². The van der Waals surface area contributed by atoms with Crippen molar-refractivity contribution in [2.45, 2.75) is 38.6 Å². The molecule has 1 aromatic rings. The number of nitrogens with one attached hydrogen (secondary N) is 1. The van der Waals surface area contributed by atoms with Crippen LogP contribution in [0.25, 0.3) is 0 Å². The SMILES string of the molecule is CCc1ncnc(NC2C3CCC(C3)C2C(=O)O)c1F. The first-order valence-corrected chi connectivity index (χ1v) is 7.10. The number of aromatic nitrogens is 2. The normalized spacial score (nSPS) is 31.5. The second-order valence-corrected chi connectivity index (χ2v) is 5.70. The predicted octanol–water partition coefficient (Wildman–Crippen LogP) is 2.09. The van der Waals surface area contributed by atoms with Crippen LogP contribution in [0.3, 0.4) is 0 Å². The van der Waals surface area contributed by atoms with Crippen molar-refractivity contribution in [2.24, 2.45) is 17.8 Å². The van der Waals surface area contributed by atoms with Gasteiger partial charge in [0.15, 0.2) is 11.6 Å². The molecule has 2 aliphatic carbocycles. The van der Waals surface area contributed by atoms with Gasteiger partial charge in [-0.2, -0.15) is 0 Å². The number of anilines is 1. The first kappa shape index (κ1) is 13.3. The molecule has 1 heterocycles. The number of fused-ring (bicyclic) bond motifs is 2. The predicted molar refractivity (Wildman–Crippen MR) is 70.7 cm³/mol. The molecule has 2 fully saturated rings. The van der Waals surface area contributed by atoms with E-state index in [1.807, 2.05) is 6.92 Å². The monoisotopic (exact) mass is 279 g/mol. The van der Waals surface area contributed by atoms with Crippen LogP contribution >= 0.6 is 0 Å². The fourth-order valence-electron chi connectivity index (χ4n) is 3.77. The lowest BCUT2D eigenvalue weighted by atomic mass is 9.84. The molecule has 0 radical (unpaired) electrons. The van der Waals surface area contributed by atoms with E-state index in [9.17, 15) is 14.3 Å². The van der Waals surface area contributed by atoms with Gasteiger partial charge < -0.3 is 10.4 Å². The molecule has 108 valence electrons. The van der Waals surface area contributed by atoms with Crippen molar-refractivity contribution in [3.8, 4) is 0 Å². The van der Waals surface area contributed by atoms with Gasteiger partial charge in [-0.05, 0) is 37.5 Å². The van der Waals surface area contributed by atoms with Gasteiger partial charge in [-0.3, -0.25) is 4.79 Å². The lowest BCUT2D eigenvalue weighted by Crippen LogP contribution is -2.39. The summed E-state index contributed by atoms with van der Waals surface area (Å²) >= 11 is 0. The van der Waals surface area contributed by atoms with E-state index in [2.05, 4.69) is 15.3 Å². The van der Waals surface area contributed by atoms with Crippen LogP contribution in [0.4, 0.5) is 10.2 Å². The third-order valence-electron chi connectivity index (χ3n) is 4.70. The molecule has 4 atom stereocenters. The van der Waals surface area contributed by atoms with Crippen molar-refractivity contribution >= 4 is 11.8 Å². The number of rotatable bonds is 4. The Balaban J connectivity index is 1.85. The number of hydrogen-bond donors (Lipinski definition) is 2. The second-order valence-electron chi connectivity index (χ2n) is 5.70. The largest absolute Gasteiger partial charge is 0.481 e. The van der Waals surface area contributed by atoms with E-state index in [1.165, 1.54) is 6.33 Å². The van der Waals surface area contributed by atoms with Gasteiger partial charge >= 0.3 is 5.97 Å². The average molecular weight is 279 g/mol. The average Bonchev–Trinajstić information content (AvgIpc) is 3.01. The Bertz CT molecular complexity index is 537. The van der Waals surface area contributed by atoms with Crippen LogP contribution in [0.5, 0.6) is 0 Å². The summed E-state index contributed by atoms with van der Waals surface area (Å²) in [5.41, 5.74) is 0.359. The van der Waals surface area contributed by atoms with Gasteiger partial charge in [-0.15, -0.1) is 0 Å². The highest BCUT2D eigenvalue weighted by Crippen LogP contribution is 2.49. The second kappa shape index (κ2) is 5.00. The Kier molecular flexibility index (Phi) is 3.31. The molecule has 20 heavy (non-hydrogen) atoms. The highest BCUT2D eigenvalue weighted by Gasteiger charge is 2.51. The Morgan fingerprint density at radius 2 is 2.20 bits per heavy atom. The molecule has 4 unspecified atom stereocenters. The minimum atomic E-state index is -0.792. The van der Waals surface area contributed by atoms with Gasteiger partial charge in [0.05, 0.1) is 11.6 Å². The molecule has 3 rings (SSSR count). The standard InChI is InChI=1S/C14H18FN3O2/c1-2-9-11(15)13(17-6-16-9)18-12-8-4-3-7(5-8)10(12)14(19)20/h6-8,10,12H,2-5H2,1H3,(H,19,20)(H,16,17,18). The maximum Gasteiger partial charge on any atom is 0.308 e. The van der Waals surface area contributed by atoms with E-state index < -0.39 is 17.7 Å². The summed E-state index contributed by atoms with van der Waals surface area (Å²) in [5, 5.41) is 12.4. The van der Waals surface area contributed by atoms with Crippen molar-refractivity contribution in [3.63, 3.8) is 0 Å². The summed E-state index contributed by atoms with van der Waals surface area (Å²) in [6.45, 7) is 1.83. The highest BCUT2D eigenvalue weighted by molar-refractivity contribution is 5.73. The summed E-state index contributed by atoms with van der Waals surface area (Å²) < 4.78 is 14.2. The van der Waals surface area contributed by atoms with Crippen LogP contribution in [-0.2, 0) is 11.2 Å². The fourth-order valence-corrected chi connectivity index (χ4v) is 3.77. The minimum absolute atomic E-state index is 0.139. The maximum absolute atomic E-state index is 14.2. The number of hydrogen-bond acceptors (Lipinski definition) is 4. The van der Waals surface area contributed by atoms with Crippen molar-refractivity contribution in [1.29, 1.82) is 0 Å². The van der Waals surface area contributed by atoms with Crippen LogP contribution in [0.1, 0.15) is 31.9 Å². The number of carboxylic acid groups (broad SMARTS) is 1. The molecule has 0 spiro atoms. The summed E-state index contributed by atoms with van der Waals surface area (Å²) in [7, 11) is 0. The molecule has 2 bridgehead atoms. The summed E-state index contributed by atoms with van der Waals surface area (Å²) in [4.78, 5) is 19.3. The zero-order chi connectivity index (χ0) is 14.3. The lowest BCUT2D eigenvalue weighted by Gasteiger charge is -2.29.